The minimum atomic E-state index is 0.176. The van der Waals surface area contributed by atoms with Crippen molar-refractivity contribution in [2.24, 2.45) is 47.3 Å². The van der Waals surface area contributed by atoms with Crippen molar-refractivity contribution in [2.75, 3.05) is 0 Å². The van der Waals surface area contributed by atoms with Crippen LogP contribution in [0.25, 0.3) is 0 Å². The van der Waals surface area contributed by atoms with E-state index in [1.54, 1.807) is 13.8 Å². The van der Waals surface area contributed by atoms with Gasteiger partial charge in [0, 0.05) is 11.8 Å². The molecule has 0 bridgehead atoms. The van der Waals surface area contributed by atoms with Crippen LogP contribution in [-0.2, 0) is 9.59 Å². The van der Waals surface area contributed by atoms with Crippen molar-refractivity contribution in [3.8, 4) is 0 Å². The molecule has 0 saturated heterocycles. The first-order chi connectivity index (χ1) is 8.61. The summed E-state index contributed by atoms with van der Waals surface area (Å²) >= 11 is 0. The number of carbonyl (C=O) groups excluding carboxylic acids is 2. The van der Waals surface area contributed by atoms with E-state index in [4.69, 9.17) is 0 Å². The van der Waals surface area contributed by atoms with Crippen molar-refractivity contribution in [3.05, 3.63) is 24.3 Å². The third kappa shape index (κ3) is 1.01. The van der Waals surface area contributed by atoms with Crippen molar-refractivity contribution in [1.82, 2.24) is 0 Å². The fourth-order valence-corrected chi connectivity index (χ4v) is 5.60. The van der Waals surface area contributed by atoms with Gasteiger partial charge >= 0.3 is 0 Å². The fourth-order valence-electron chi connectivity index (χ4n) is 5.60. The Bertz CT molecular complexity index is 427. The first-order valence-corrected chi connectivity index (χ1v) is 6.99. The van der Waals surface area contributed by atoms with Gasteiger partial charge in [-0.05, 0) is 49.4 Å². The van der Waals surface area contributed by atoms with Gasteiger partial charge < -0.3 is 0 Å². The number of ketones is 2. The number of hydrogen-bond acceptors (Lipinski definition) is 2. The van der Waals surface area contributed by atoms with Crippen molar-refractivity contribution >= 4 is 11.6 Å². The quantitative estimate of drug-likeness (QED) is 0.696. The highest BCUT2D eigenvalue weighted by molar-refractivity contribution is 5.83. The maximum atomic E-state index is 11.9. The number of rotatable bonds is 2. The molecule has 94 valence electrons. The second-order valence-electron chi connectivity index (χ2n) is 6.51. The second kappa shape index (κ2) is 3.23. The van der Waals surface area contributed by atoms with Gasteiger partial charge in [-0.3, -0.25) is 9.59 Å². The third-order valence-corrected chi connectivity index (χ3v) is 5.93. The largest absolute Gasteiger partial charge is 0.300 e. The van der Waals surface area contributed by atoms with E-state index in [2.05, 4.69) is 24.3 Å². The Kier molecular flexibility index (Phi) is 1.92. The van der Waals surface area contributed by atoms with E-state index in [-0.39, 0.29) is 11.8 Å². The maximum absolute atomic E-state index is 11.9. The molecule has 6 atom stereocenters. The first-order valence-electron chi connectivity index (χ1n) is 6.99. The normalized spacial score (nSPS) is 54.1. The molecule has 0 aliphatic heterocycles. The lowest BCUT2D eigenvalue weighted by Gasteiger charge is -2.21. The lowest BCUT2D eigenvalue weighted by atomic mass is 9.80. The summed E-state index contributed by atoms with van der Waals surface area (Å²) in [6.45, 7) is 3.47. The van der Waals surface area contributed by atoms with Crippen molar-refractivity contribution in [3.63, 3.8) is 0 Å². The Balaban J connectivity index is 1.82. The zero-order valence-corrected chi connectivity index (χ0v) is 10.7. The zero-order chi connectivity index (χ0) is 12.6. The average Bonchev–Trinajstić information content (AvgIpc) is 2.95. The Morgan fingerprint density at radius 2 is 0.944 bits per heavy atom. The molecular weight excluding hydrogens is 224 g/mol. The summed E-state index contributed by atoms with van der Waals surface area (Å²) in [6, 6.07) is 0. The molecule has 2 unspecified atom stereocenters. The summed E-state index contributed by atoms with van der Waals surface area (Å²) in [5, 5.41) is 0. The molecular formula is C16H18O2. The third-order valence-electron chi connectivity index (χ3n) is 5.93. The van der Waals surface area contributed by atoms with E-state index in [1.807, 2.05) is 0 Å². The minimum absolute atomic E-state index is 0.176. The maximum Gasteiger partial charge on any atom is 0.134 e. The molecule has 0 aromatic rings. The smallest absolute Gasteiger partial charge is 0.134 e. The van der Waals surface area contributed by atoms with Crippen LogP contribution in [0.5, 0.6) is 0 Å². The monoisotopic (exact) mass is 242 g/mol. The van der Waals surface area contributed by atoms with Crippen LogP contribution in [0.2, 0.25) is 0 Å². The highest BCUT2D eigenvalue weighted by Gasteiger charge is 2.65. The SMILES string of the molecule is CC(=O)C1[C@H]2C=C[C@H]3C(C(C)=O)[C@@H]4C=C[C@H]1C4C23. The number of Topliss-reactive ketones (excluding diaryl/α,β-unsaturated/α-hetero) is 2. The minimum Gasteiger partial charge on any atom is -0.300 e. The molecule has 0 aromatic heterocycles. The van der Waals surface area contributed by atoms with Gasteiger partial charge in [0.2, 0.25) is 0 Å². The summed E-state index contributed by atoms with van der Waals surface area (Å²) in [4.78, 5) is 23.9. The molecule has 2 saturated carbocycles. The van der Waals surface area contributed by atoms with Gasteiger partial charge in [0.05, 0.1) is 0 Å². The van der Waals surface area contributed by atoms with Crippen LogP contribution in [-0.4, -0.2) is 11.6 Å². The molecule has 2 heteroatoms. The van der Waals surface area contributed by atoms with Crippen LogP contribution in [0.1, 0.15) is 13.8 Å². The van der Waals surface area contributed by atoms with Crippen molar-refractivity contribution in [1.29, 1.82) is 0 Å². The summed E-state index contributed by atoms with van der Waals surface area (Å²) < 4.78 is 0. The molecule has 4 aliphatic carbocycles. The molecule has 4 rings (SSSR count). The predicted molar refractivity (Wildman–Crippen MR) is 67.6 cm³/mol. The van der Waals surface area contributed by atoms with Crippen LogP contribution < -0.4 is 0 Å². The van der Waals surface area contributed by atoms with Crippen LogP contribution in [0.3, 0.4) is 0 Å². The van der Waals surface area contributed by atoms with E-state index in [9.17, 15) is 9.59 Å². The van der Waals surface area contributed by atoms with Gasteiger partial charge in [-0.1, -0.05) is 24.3 Å². The van der Waals surface area contributed by atoms with Gasteiger partial charge in [0.15, 0.2) is 0 Å². The highest BCUT2D eigenvalue weighted by Crippen LogP contribution is 2.67. The molecule has 0 N–H and O–H groups in total. The molecule has 0 radical (unpaired) electrons. The van der Waals surface area contributed by atoms with E-state index in [0.717, 1.165) is 0 Å². The summed E-state index contributed by atoms with van der Waals surface area (Å²) in [5.74, 6) is 3.72. The second-order valence-corrected chi connectivity index (χ2v) is 6.51. The van der Waals surface area contributed by atoms with Crippen LogP contribution in [0, 0.1) is 47.3 Å². The molecule has 0 heterocycles. The Morgan fingerprint density at radius 3 is 1.17 bits per heavy atom. The number of allylic oxidation sites excluding steroid dienone is 4. The average molecular weight is 242 g/mol. The zero-order valence-electron chi connectivity index (χ0n) is 10.7. The van der Waals surface area contributed by atoms with Gasteiger partial charge in [0.25, 0.3) is 0 Å². The van der Waals surface area contributed by atoms with Gasteiger partial charge in [0.1, 0.15) is 11.6 Å². The van der Waals surface area contributed by atoms with E-state index in [0.29, 0.717) is 47.1 Å². The Labute approximate surface area is 107 Å². The van der Waals surface area contributed by atoms with Gasteiger partial charge in [-0.15, -0.1) is 0 Å². The lowest BCUT2D eigenvalue weighted by molar-refractivity contribution is -0.122. The summed E-state index contributed by atoms with van der Waals surface area (Å²) in [5.41, 5.74) is 0. The fraction of sp³-hybridized carbons (Fsp3) is 0.625. The van der Waals surface area contributed by atoms with Crippen LogP contribution in [0.4, 0.5) is 0 Å². The summed E-state index contributed by atoms with van der Waals surface area (Å²) in [6.07, 6.45) is 8.94. The molecule has 0 spiro atoms. The lowest BCUT2D eigenvalue weighted by Crippen LogP contribution is -2.26. The molecule has 2 fully saturated rings. The van der Waals surface area contributed by atoms with Gasteiger partial charge in [-0.2, -0.15) is 0 Å². The molecule has 0 amide bonds. The van der Waals surface area contributed by atoms with Crippen LogP contribution in [0.15, 0.2) is 24.3 Å². The van der Waals surface area contributed by atoms with Crippen molar-refractivity contribution in [2.45, 2.75) is 13.8 Å². The first kappa shape index (κ1) is 10.7. The molecule has 2 nitrogen and oxygen atoms in total. The van der Waals surface area contributed by atoms with E-state index < -0.39 is 0 Å². The Morgan fingerprint density at radius 1 is 0.667 bits per heavy atom. The number of carbonyl (C=O) groups is 2. The van der Waals surface area contributed by atoms with Crippen molar-refractivity contribution < 1.29 is 9.59 Å². The van der Waals surface area contributed by atoms with Gasteiger partial charge in [-0.25, -0.2) is 0 Å². The molecule has 4 aliphatic rings. The highest BCUT2D eigenvalue weighted by atomic mass is 16.1. The number of hydrogen-bond donors (Lipinski definition) is 0. The van der Waals surface area contributed by atoms with Crippen LogP contribution >= 0.6 is 0 Å². The Hall–Kier alpha value is -1.18. The molecule has 0 aromatic carbocycles. The topological polar surface area (TPSA) is 34.1 Å². The van der Waals surface area contributed by atoms with E-state index in [1.165, 1.54) is 0 Å². The standard InChI is InChI=1S/C16H18O2/c1-7(17)13-9-3-5-11-14(8(2)18)12-6-4-10(13)16(12)15(9)11/h3-6,9-16H,1-2H3/t9-,10-,11+,12+,13?,14?,15?,16?. The van der Waals surface area contributed by atoms with E-state index >= 15 is 0 Å². The predicted octanol–water partition coefficient (Wildman–Crippen LogP) is 2.26. The molecule has 18 heavy (non-hydrogen) atoms. The summed E-state index contributed by atoms with van der Waals surface area (Å²) in [7, 11) is 0.